The molecule has 27 nitrogen and oxygen atoms in total. The number of hydrogen-bond acceptors (Lipinski definition) is 26. The van der Waals surface area contributed by atoms with Crippen molar-refractivity contribution < 1.29 is 124 Å². The van der Waals surface area contributed by atoms with Crippen LogP contribution in [0.3, 0.4) is 0 Å². The van der Waals surface area contributed by atoms with Crippen LogP contribution in [0.5, 0.6) is 23.0 Å². The van der Waals surface area contributed by atoms with Crippen molar-refractivity contribution in [1.29, 1.82) is 0 Å². The zero-order valence-electron chi connectivity index (χ0n) is 70.2. The maximum absolute atomic E-state index is 12.9. The van der Waals surface area contributed by atoms with Gasteiger partial charge in [-0.1, -0.05) is 135 Å². The Balaban J connectivity index is 0.000000346. The normalized spacial score (nSPS) is 15.8. The van der Waals surface area contributed by atoms with E-state index in [2.05, 4.69) is 41.3 Å². The molecule has 128 heavy (non-hydrogen) atoms. The van der Waals surface area contributed by atoms with Gasteiger partial charge >= 0.3 is 35.8 Å². The first-order chi connectivity index (χ1) is 57.5. The smallest absolute Gasteiger partial charge is 0.362 e. The standard InChI is InChI=1S/C23H26O6S.C23H24O5S.C21H19ClO7S.C21H20O7S.2CHClO.4CH4/c1-22(2,25)14-28-17-10-6-15(7-11-17)19-20(23(3,4)29-21(19)24)16-8-12-18(13-9-16)30(5,26)27;1-22(2)13-27-18-11-8-15(12-17(18)22)19-20(23(3,4)28-21(19)24)14-6-9-16(10-7-14)29(5,25)26;1-21(2)19(14-6-10-16(11-7-14)30(3,25)26)18(20(24)28-21)13-4-8-15(9-5-13)27-12-17(23)29-22;1-21(2)19(14-6-10-16(11-7-14)29(3,25)26)18(20(24)28-21)13-4-8-15(9-5-13)27-12-17(22)23;2*2-1-3;;;;/h6-13,25H,14H2,1-5H3;6-12H,13H2,1-5H3;4-11H,12H2,1-3H3;4-11H,12H2,1-3H3,(H,22,23);2*1H;4*1H4. The number of rotatable bonds is 21. The van der Waals surface area contributed by atoms with Gasteiger partial charge in [0.1, 0.15) is 63.9 Å². The van der Waals surface area contributed by atoms with Crippen molar-refractivity contribution in [1.82, 2.24) is 0 Å². The molecule has 2 N–H and O–H groups in total. The quantitative estimate of drug-likeness (QED) is 0.0292. The summed E-state index contributed by atoms with van der Waals surface area (Å²) < 4.78 is 142. The molecule has 0 saturated carbocycles. The molecule has 0 fully saturated rings. The first-order valence-electron chi connectivity index (χ1n) is 37.5. The predicted molar refractivity (Wildman–Crippen MR) is 495 cm³/mol. The van der Waals surface area contributed by atoms with Gasteiger partial charge in [0.05, 0.1) is 54.1 Å². The second kappa shape index (κ2) is 43.2. The van der Waals surface area contributed by atoms with Crippen molar-refractivity contribution in [2.45, 2.75) is 166 Å². The van der Waals surface area contributed by atoms with Gasteiger partial charge in [-0.3, -0.25) is 9.59 Å². The highest BCUT2D eigenvalue weighted by molar-refractivity contribution is 7.91. The second-order valence-electron chi connectivity index (χ2n) is 31.9. The van der Waals surface area contributed by atoms with Gasteiger partial charge in [0.25, 0.3) is 0 Å². The van der Waals surface area contributed by atoms with E-state index in [0.717, 1.165) is 52.3 Å². The number of carboxylic acid groups (broad SMARTS) is 1. The summed E-state index contributed by atoms with van der Waals surface area (Å²) in [4.78, 5) is 90.5. The molecule has 5 aliphatic heterocycles. The van der Waals surface area contributed by atoms with Crippen LogP contribution in [0, 0.1) is 0 Å². The van der Waals surface area contributed by atoms with Gasteiger partial charge in [0.2, 0.25) is 11.5 Å². The molecule has 0 aliphatic carbocycles. The number of benzene rings is 8. The first kappa shape index (κ1) is 109. The van der Waals surface area contributed by atoms with E-state index < -0.39 is 104 Å². The van der Waals surface area contributed by atoms with Crippen LogP contribution in [-0.2, 0) is 106 Å². The number of carbonyl (C=O) groups is 8. The number of halogens is 3. The Kier molecular flexibility index (Phi) is 36.8. The molecule has 8 aromatic rings. The highest BCUT2D eigenvalue weighted by Crippen LogP contribution is 2.50. The number of aliphatic carboxylic acids is 1. The van der Waals surface area contributed by atoms with Crippen molar-refractivity contribution in [3.63, 3.8) is 0 Å². The van der Waals surface area contributed by atoms with Crippen molar-refractivity contribution in [3.8, 4) is 23.0 Å². The number of carboxylic acids is 1. The summed E-state index contributed by atoms with van der Waals surface area (Å²) in [6.45, 7) is 21.8. The SMILES string of the molecule is C.C.C.C.CC(C)(O)COc1ccc(C2=C(c3ccc(S(C)(=O)=O)cc3)C(C)(C)OC2=O)cc1.CC1(C)OC(=O)C(c2ccc(OCC(=O)O)cc2)=C1c1ccc(S(C)(=O)=O)cc1.CC1(C)OC(=O)C(c2ccc(OCC(=O)OCl)cc2)=C1c1ccc(S(C)(=O)=O)cc1.CC1(C)OC(=O)C(c2ccc3c(c2)C(C)(C)CO3)=C1c1ccc(S(C)(=O)=O)cc1.O=CCl.O=CCl. The molecule has 0 radical (unpaired) electrons. The number of fused-ring (bicyclic) bond motifs is 1. The van der Waals surface area contributed by atoms with Gasteiger partial charge in [-0.05, 0) is 234 Å². The molecular weight excluding hydrogens is 1800 g/mol. The molecule has 5 heterocycles. The van der Waals surface area contributed by atoms with E-state index in [1.807, 2.05) is 32.0 Å². The van der Waals surface area contributed by atoms with Crippen molar-refractivity contribution >= 4 is 166 Å². The van der Waals surface area contributed by atoms with Gasteiger partial charge in [-0.15, -0.1) is 0 Å². The summed E-state index contributed by atoms with van der Waals surface area (Å²) in [5.74, 6) is -0.996. The van der Waals surface area contributed by atoms with Crippen LogP contribution in [-0.4, -0.2) is 171 Å². The van der Waals surface area contributed by atoms with Crippen LogP contribution in [0.25, 0.3) is 44.6 Å². The fraction of sp³-hybridized carbons (Fsp3) is 0.319. The second-order valence-corrected chi connectivity index (χ2v) is 40.5. The monoisotopic (exact) mass is 1900 g/mol. The average molecular weight is 1900 g/mol. The summed E-state index contributed by atoms with van der Waals surface area (Å²) in [6, 6.07) is 51.4. The Morgan fingerprint density at radius 2 is 0.633 bits per heavy atom. The third-order valence-electron chi connectivity index (χ3n) is 19.3. The van der Waals surface area contributed by atoms with Crippen molar-refractivity contribution in [2.75, 3.05) is 51.5 Å². The molecule has 13 rings (SSSR count). The number of esters is 4. The van der Waals surface area contributed by atoms with Crippen molar-refractivity contribution in [3.05, 3.63) is 238 Å². The lowest BCUT2D eigenvalue weighted by molar-refractivity contribution is -0.143. The van der Waals surface area contributed by atoms with E-state index in [1.165, 1.54) is 42.7 Å². The van der Waals surface area contributed by atoms with Crippen LogP contribution in [0.2, 0.25) is 0 Å². The van der Waals surface area contributed by atoms with Crippen LogP contribution < -0.4 is 18.9 Å². The molecule has 8 aromatic carbocycles. The molecule has 0 aromatic heterocycles. The Hall–Kier alpha value is -11.3. The summed E-state index contributed by atoms with van der Waals surface area (Å²) in [5.41, 5.74) is 6.34. The Bertz CT molecular complexity index is 6040. The molecule has 0 saturated heterocycles. The fourth-order valence-electron chi connectivity index (χ4n) is 13.8. The van der Waals surface area contributed by atoms with Crippen molar-refractivity contribution in [2.24, 2.45) is 0 Å². The minimum Gasteiger partial charge on any atom is -0.492 e. The minimum atomic E-state index is -3.34. The van der Waals surface area contributed by atoms with Crippen LogP contribution in [0.1, 0.15) is 163 Å². The zero-order chi connectivity index (χ0) is 92.4. The zero-order valence-corrected chi connectivity index (χ0v) is 75.8. The highest BCUT2D eigenvalue weighted by atomic mass is 35.5. The maximum atomic E-state index is 12.9. The lowest BCUT2D eigenvalue weighted by Gasteiger charge is -2.22. The summed E-state index contributed by atoms with van der Waals surface area (Å²) in [7, 11) is -13.3. The molecule has 5 aliphatic rings. The van der Waals surface area contributed by atoms with E-state index in [9.17, 15) is 67.5 Å². The van der Waals surface area contributed by atoms with Crippen LogP contribution in [0.15, 0.2) is 208 Å². The van der Waals surface area contributed by atoms with Gasteiger partial charge in [0.15, 0.2) is 52.6 Å². The highest BCUT2D eigenvalue weighted by Gasteiger charge is 2.46. The third kappa shape index (κ3) is 27.2. The summed E-state index contributed by atoms with van der Waals surface area (Å²) >= 11 is 13.6. The fourth-order valence-corrected chi connectivity index (χ4v) is 16.4. The van der Waals surface area contributed by atoms with E-state index in [0.29, 0.717) is 90.7 Å². The number of aliphatic hydroxyl groups is 1. The van der Waals surface area contributed by atoms with Gasteiger partial charge in [-0.25, -0.2) is 62.4 Å². The van der Waals surface area contributed by atoms with E-state index >= 15 is 0 Å². The summed E-state index contributed by atoms with van der Waals surface area (Å²) in [5, 5.41) is 18.5. The molecule has 0 spiro atoms. The Morgan fingerprint density at radius 1 is 0.398 bits per heavy atom. The average Bonchev–Trinajstić information content (AvgIpc) is 1.63. The first-order valence-corrected chi connectivity index (χ1v) is 46.2. The molecule has 34 heteroatoms. The molecule has 0 amide bonds. The van der Waals surface area contributed by atoms with E-state index in [1.54, 1.807) is 189 Å². The van der Waals surface area contributed by atoms with Gasteiger partial charge in [-0.2, -0.15) is 0 Å². The van der Waals surface area contributed by atoms with E-state index in [4.69, 9.17) is 64.5 Å². The van der Waals surface area contributed by atoms with Crippen LogP contribution >= 0.6 is 35.1 Å². The number of ether oxygens (including phenoxy) is 8. The molecular formula is C94H107Cl3O27S4. The molecule has 690 valence electrons. The largest absolute Gasteiger partial charge is 0.492 e. The Labute approximate surface area is 763 Å². The third-order valence-corrected chi connectivity index (χ3v) is 24.0. The molecule has 0 atom stereocenters. The lowest BCUT2D eigenvalue weighted by atomic mass is 9.83. The number of cyclic esters (lactones) is 4. The molecule has 0 unspecified atom stereocenters. The van der Waals surface area contributed by atoms with E-state index in [-0.39, 0.29) is 85.4 Å². The number of carbonyl (C=O) groups excluding carboxylic acids is 7. The predicted octanol–water partition coefficient (Wildman–Crippen LogP) is 17.1. The summed E-state index contributed by atoms with van der Waals surface area (Å²) in [6.07, 6.45) is 4.59. The number of hydrogen-bond donors (Lipinski definition) is 2. The maximum Gasteiger partial charge on any atom is 0.362 e. The lowest BCUT2D eigenvalue weighted by Crippen LogP contribution is -2.27. The van der Waals surface area contributed by atoms with Gasteiger partial charge < -0.3 is 52.4 Å². The Morgan fingerprint density at radius 3 is 0.875 bits per heavy atom. The van der Waals surface area contributed by atoms with Crippen LogP contribution in [0.4, 0.5) is 0 Å². The molecule has 0 bridgehead atoms. The number of sulfone groups is 4. The minimum absolute atomic E-state index is 0. The topological polar surface area (TPSA) is 397 Å². The van der Waals surface area contributed by atoms with Gasteiger partial charge in [0, 0.05) is 58.3 Å².